The highest BCUT2D eigenvalue weighted by Gasteiger charge is 2.13. The van der Waals surface area contributed by atoms with Crippen LogP contribution in [0.1, 0.15) is 21.5 Å². The van der Waals surface area contributed by atoms with E-state index in [1.54, 1.807) is 42.8 Å². The van der Waals surface area contributed by atoms with Gasteiger partial charge in [0.15, 0.2) is 0 Å². The van der Waals surface area contributed by atoms with Crippen molar-refractivity contribution in [1.29, 1.82) is 0 Å². The van der Waals surface area contributed by atoms with Crippen LogP contribution in [-0.4, -0.2) is 24.1 Å². The van der Waals surface area contributed by atoms with Crippen molar-refractivity contribution in [3.8, 4) is 0 Å². The SMILES string of the molecule is CSc1ccc(CN(C)C(=O)c2ccc(C)c(F)c2)cc1. The van der Waals surface area contributed by atoms with Gasteiger partial charge in [0.1, 0.15) is 5.82 Å². The fourth-order valence-electron chi connectivity index (χ4n) is 2.02. The number of carbonyl (C=O) groups is 1. The van der Waals surface area contributed by atoms with Gasteiger partial charge in [-0.15, -0.1) is 11.8 Å². The van der Waals surface area contributed by atoms with Gasteiger partial charge in [-0.25, -0.2) is 4.39 Å². The van der Waals surface area contributed by atoms with Crippen LogP contribution >= 0.6 is 11.8 Å². The standard InChI is InChI=1S/C17H18FNOS/c1-12-4-7-14(10-16(12)18)17(20)19(2)11-13-5-8-15(21-3)9-6-13/h4-10H,11H2,1-3H3. The third-order valence-corrected chi connectivity index (χ3v) is 4.09. The molecule has 0 aliphatic rings. The minimum absolute atomic E-state index is 0.178. The number of thioether (sulfide) groups is 1. The average molecular weight is 303 g/mol. The Hall–Kier alpha value is -1.81. The fourth-order valence-corrected chi connectivity index (χ4v) is 2.43. The summed E-state index contributed by atoms with van der Waals surface area (Å²) in [5.74, 6) is -0.526. The number of amides is 1. The van der Waals surface area contributed by atoms with E-state index >= 15 is 0 Å². The second-order valence-corrected chi connectivity index (χ2v) is 5.85. The molecule has 0 aliphatic heterocycles. The van der Waals surface area contributed by atoms with Gasteiger partial charge in [-0.3, -0.25) is 4.79 Å². The third kappa shape index (κ3) is 3.85. The van der Waals surface area contributed by atoms with Crippen LogP contribution in [0, 0.1) is 12.7 Å². The van der Waals surface area contributed by atoms with Crippen molar-refractivity contribution in [3.63, 3.8) is 0 Å². The first-order valence-electron chi connectivity index (χ1n) is 6.66. The summed E-state index contributed by atoms with van der Waals surface area (Å²) in [5, 5.41) is 0. The number of benzene rings is 2. The molecule has 4 heteroatoms. The summed E-state index contributed by atoms with van der Waals surface area (Å²) in [5.41, 5.74) is 1.97. The first-order valence-corrected chi connectivity index (χ1v) is 7.88. The van der Waals surface area contributed by atoms with Gasteiger partial charge in [0.2, 0.25) is 0 Å². The van der Waals surface area contributed by atoms with E-state index in [-0.39, 0.29) is 11.7 Å². The Labute approximate surface area is 129 Å². The Morgan fingerprint density at radius 1 is 1.19 bits per heavy atom. The zero-order chi connectivity index (χ0) is 15.4. The third-order valence-electron chi connectivity index (χ3n) is 3.34. The second-order valence-electron chi connectivity index (χ2n) is 4.97. The number of hydrogen-bond acceptors (Lipinski definition) is 2. The molecular weight excluding hydrogens is 285 g/mol. The molecule has 110 valence electrons. The van der Waals surface area contributed by atoms with Gasteiger partial charge in [-0.1, -0.05) is 18.2 Å². The Bertz CT molecular complexity index is 640. The van der Waals surface area contributed by atoms with Crippen molar-refractivity contribution in [3.05, 3.63) is 65.0 Å². The molecule has 0 saturated heterocycles. The zero-order valence-electron chi connectivity index (χ0n) is 12.4. The van der Waals surface area contributed by atoms with Crippen LogP contribution in [-0.2, 0) is 6.54 Å². The molecule has 1 amide bonds. The van der Waals surface area contributed by atoms with E-state index in [0.717, 1.165) is 5.56 Å². The Morgan fingerprint density at radius 2 is 1.86 bits per heavy atom. The van der Waals surface area contributed by atoms with Gasteiger partial charge < -0.3 is 4.90 Å². The lowest BCUT2D eigenvalue weighted by atomic mass is 10.1. The van der Waals surface area contributed by atoms with Crippen molar-refractivity contribution in [1.82, 2.24) is 4.90 Å². The number of aryl methyl sites for hydroxylation is 1. The second kappa shape index (κ2) is 6.76. The summed E-state index contributed by atoms with van der Waals surface area (Å²) < 4.78 is 13.5. The number of carbonyl (C=O) groups excluding carboxylic acids is 1. The number of hydrogen-bond donors (Lipinski definition) is 0. The van der Waals surface area contributed by atoms with Gasteiger partial charge in [0.25, 0.3) is 5.91 Å². The quantitative estimate of drug-likeness (QED) is 0.792. The largest absolute Gasteiger partial charge is 0.337 e. The molecule has 0 aromatic heterocycles. The topological polar surface area (TPSA) is 20.3 Å². The maximum absolute atomic E-state index is 13.5. The van der Waals surface area contributed by atoms with Crippen LogP contribution in [0.5, 0.6) is 0 Å². The van der Waals surface area contributed by atoms with Crippen LogP contribution < -0.4 is 0 Å². The lowest BCUT2D eigenvalue weighted by Crippen LogP contribution is -2.26. The van der Waals surface area contributed by atoms with Crippen LogP contribution in [0.4, 0.5) is 4.39 Å². The predicted octanol–water partition coefficient (Wildman–Crippen LogP) is 4.13. The molecule has 0 unspecified atom stereocenters. The van der Waals surface area contributed by atoms with E-state index in [2.05, 4.69) is 0 Å². The molecule has 0 N–H and O–H groups in total. The smallest absolute Gasteiger partial charge is 0.253 e. The van der Waals surface area contributed by atoms with E-state index < -0.39 is 0 Å². The van der Waals surface area contributed by atoms with Crippen molar-refractivity contribution < 1.29 is 9.18 Å². The van der Waals surface area contributed by atoms with Gasteiger partial charge in [-0.05, 0) is 48.6 Å². The monoisotopic (exact) mass is 303 g/mol. The summed E-state index contributed by atoms with van der Waals surface area (Å²) in [6, 6.07) is 12.7. The molecule has 2 nitrogen and oxygen atoms in total. The molecule has 0 spiro atoms. The molecule has 0 atom stereocenters. The first-order chi connectivity index (χ1) is 10.0. The lowest BCUT2D eigenvalue weighted by Gasteiger charge is -2.17. The summed E-state index contributed by atoms with van der Waals surface area (Å²) in [6.45, 7) is 2.18. The molecule has 0 aliphatic carbocycles. The molecule has 0 saturated carbocycles. The van der Waals surface area contributed by atoms with E-state index in [9.17, 15) is 9.18 Å². The van der Waals surface area contributed by atoms with Gasteiger partial charge in [-0.2, -0.15) is 0 Å². The van der Waals surface area contributed by atoms with Crippen molar-refractivity contribution >= 4 is 17.7 Å². The highest BCUT2D eigenvalue weighted by atomic mass is 32.2. The summed E-state index contributed by atoms with van der Waals surface area (Å²) in [4.78, 5) is 15.1. The van der Waals surface area contributed by atoms with E-state index in [1.165, 1.54) is 11.0 Å². The summed E-state index contributed by atoms with van der Waals surface area (Å²) >= 11 is 1.68. The van der Waals surface area contributed by atoms with Crippen molar-refractivity contribution in [2.45, 2.75) is 18.4 Å². The van der Waals surface area contributed by atoms with E-state index in [0.29, 0.717) is 17.7 Å². The normalized spacial score (nSPS) is 10.5. The number of nitrogens with zero attached hydrogens (tertiary/aromatic N) is 1. The summed E-state index contributed by atoms with van der Waals surface area (Å²) in [6.07, 6.45) is 2.02. The lowest BCUT2D eigenvalue weighted by molar-refractivity contribution is 0.0784. The van der Waals surface area contributed by atoms with E-state index in [1.807, 2.05) is 30.5 Å². The molecule has 0 fully saturated rings. The van der Waals surface area contributed by atoms with Gasteiger partial charge in [0.05, 0.1) is 0 Å². The van der Waals surface area contributed by atoms with Crippen LogP contribution in [0.15, 0.2) is 47.4 Å². The Balaban J connectivity index is 2.09. The Kier molecular flexibility index (Phi) is 5.02. The summed E-state index contributed by atoms with van der Waals surface area (Å²) in [7, 11) is 1.72. The maximum Gasteiger partial charge on any atom is 0.253 e. The average Bonchev–Trinajstić information content (AvgIpc) is 2.50. The zero-order valence-corrected chi connectivity index (χ0v) is 13.2. The highest BCUT2D eigenvalue weighted by Crippen LogP contribution is 2.17. The highest BCUT2D eigenvalue weighted by molar-refractivity contribution is 7.98. The Morgan fingerprint density at radius 3 is 2.43 bits per heavy atom. The van der Waals surface area contributed by atoms with Gasteiger partial charge >= 0.3 is 0 Å². The van der Waals surface area contributed by atoms with Crippen LogP contribution in [0.3, 0.4) is 0 Å². The predicted molar refractivity (Wildman–Crippen MR) is 85.2 cm³/mol. The minimum Gasteiger partial charge on any atom is -0.337 e. The molecular formula is C17H18FNOS. The number of rotatable bonds is 4. The molecule has 2 rings (SSSR count). The fraction of sp³-hybridized carbons (Fsp3) is 0.235. The molecule has 2 aromatic rings. The maximum atomic E-state index is 13.5. The molecule has 2 aromatic carbocycles. The van der Waals surface area contributed by atoms with Crippen molar-refractivity contribution in [2.75, 3.05) is 13.3 Å². The minimum atomic E-state index is -0.349. The van der Waals surface area contributed by atoms with Gasteiger partial charge in [0, 0.05) is 24.1 Å². The molecule has 0 heterocycles. The molecule has 21 heavy (non-hydrogen) atoms. The number of halogens is 1. The molecule has 0 radical (unpaired) electrons. The van der Waals surface area contributed by atoms with Crippen LogP contribution in [0.2, 0.25) is 0 Å². The van der Waals surface area contributed by atoms with Crippen LogP contribution in [0.25, 0.3) is 0 Å². The molecule has 0 bridgehead atoms. The van der Waals surface area contributed by atoms with E-state index in [4.69, 9.17) is 0 Å². The first kappa shape index (κ1) is 15.6. The van der Waals surface area contributed by atoms with Crippen molar-refractivity contribution in [2.24, 2.45) is 0 Å².